The molecule has 1 aromatic carbocycles. The summed E-state index contributed by atoms with van der Waals surface area (Å²) in [4.78, 5) is 28.6. The molecule has 3 rings (SSSR count). The van der Waals surface area contributed by atoms with Gasteiger partial charge < -0.3 is 5.32 Å². The minimum atomic E-state index is -0.495. The Morgan fingerprint density at radius 3 is 2.64 bits per heavy atom. The molecule has 2 amide bonds. The number of para-hydroxylation sites is 1. The first kappa shape index (κ1) is 18.3. The fourth-order valence-corrected chi connectivity index (χ4v) is 4.98. The maximum Gasteiger partial charge on any atom is 0.243 e. The summed E-state index contributed by atoms with van der Waals surface area (Å²) in [6.45, 7) is 6.01. The van der Waals surface area contributed by atoms with Gasteiger partial charge in [0.1, 0.15) is 6.04 Å². The smallest absolute Gasteiger partial charge is 0.243 e. The molecule has 25 heavy (non-hydrogen) atoms. The van der Waals surface area contributed by atoms with Gasteiger partial charge in [0, 0.05) is 22.1 Å². The molecule has 1 aliphatic carbocycles. The highest BCUT2D eigenvalue weighted by Gasteiger charge is 2.37. The maximum absolute atomic E-state index is 13.0. The van der Waals surface area contributed by atoms with Crippen LogP contribution in [0.5, 0.6) is 0 Å². The monoisotopic (exact) mass is 360 g/mol. The van der Waals surface area contributed by atoms with Crippen molar-refractivity contribution in [3.63, 3.8) is 0 Å². The Morgan fingerprint density at radius 1 is 1.24 bits per heavy atom. The molecule has 0 radical (unpaired) electrons. The van der Waals surface area contributed by atoms with E-state index in [2.05, 4.69) is 19.2 Å². The fourth-order valence-electron chi connectivity index (χ4n) is 3.77. The number of anilines is 1. The van der Waals surface area contributed by atoms with Gasteiger partial charge in [-0.05, 0) is 45.7 Å². The lowest BCUT2D eigenvalue weighted by atomic mass is 9.95. The molecule has 4 nitrogen and oxygen atoms in total. The van der Waals surface area contributed by atoms with Crippen LogP contribution in [-0.4, -0.2) is 28.6 Å². The molecule has 0 aromatic heterocycles. The zero-order chi connectivity index (χ0) is 18.0. The molecule has 1 heterocycles. The van der Waals surface area contributed by atoms with E-state index < -0.39 is 6.04 Å². The Kier molecular flexibility index (Phi) is 5.42. The third-order valence-corrected chi connectivity index (χ3v) is 6.34. The van der Waals surface area contributed by atoms with E-state index >= 15 is 0 Å². The summed E-state index contributed by atoms with van der Waals surface area (Å²) in [5.74, 6) is -0.0199. The second-order valence-electron chi connectivity index (χ2n) is 7.79. The average molecular weight is 361 g/mol. The zero-order valence-electron chi connectivity index (χ0n) is 15.4. The van der Waals surface area contributed by atoms with Gasteiger partial charge in [0.25, 0.3) is 0 Å². The van der Waals surface area contributed by atoms with Gasteiger partial charge in [-0.2, -0.15) is 0 Å². The van der Waals surface area contributed by atoms with Crippen molar-refractivity contribution < 1.29 is 9.59 Å². The van der Waals surface area contributed by atoms with Gasteiger partial charge in [-0.25, -0.2) is 0 Å². The summed E-state index contributed by atoms with van der Waals surface area (Å²) in [6, 6.07) is 7.68. The van der Waals surface area contributed by atoms with E-state index in [1.165, 1.54) is 19.3 Å². The van der Waals surface area contributed by atoms with Gasteiger partial charge in [-0.15, -0.1) is 11.8 Å². The number of amides is 2. The number of carbonyl (C=O) groups excluding carboxylic acids is 2. The Balaban J connectivity index is 1.83. The van der Waals surface area contributed by atoms with E-state index in [1.54, 1.807) is 16.7 Å². The Labute approximate surface area is 154 Å². The molecule has 1 saturated carbocycles. The number of hydrogen-bond acceptors (Lipinski definition) is 3. The van der Waals surface area contributed by atoms with Crippen LogP contribution in [0.2, 0.25) is 0 Å². The molecule has 0 spiro atoms. The van der Waals surface area contributed by atoms with Gasteiger partial charge >= 0.3 is 0 Å². The second-order valence-corrected chi connectivity index (χ2v) is 9.54. The maximum atomic E-state index is 13.0. The van der Waals surface area contributed by atoms with Gasteiger partial charge in [0.15, 0.2) is 0 Å². The van der Waals surface area contributed by atoms with Crippen molar-refractivity contribution in [1.29, 1.82) is 0 Å². The molecule has 1 fully saturated rings. The minimum absolute atomic E-state index is 0.0220. The van der Waals surface area contributed by atoms with Gasteiger partial charge in [0.2, 0.25) is 11.8 Å². The molecular formula is C20H28N2O2S. The highest BCUT2D eigenvalue weighted by atomic mass is 32.2. The number of thioether (sulfide) groups is 1. The van der Waals surface area contributed by atoms with E-state index in [4.69, 9.17) is 0 Å². The van der Waals surface area contributed by atoms with E-state index in [-0.39, 0.29) is 22.6 Å². The lowest BCUT2D eigenvalue weighted by molar-refractivity contribution is -0.126. The SMILES string of the molecule is CC(C(=O)NC1CCCCC1)N1C(=O)CC(C)(C)Sc2ccccc21. The largest absolute Gasteiger partial charge is 0.352 e. The van der Waals surface area contributed by atoms with Crippen molar-refractivity contribution in [3.8, 4) is 0 Å². The molecule has 0 saturated heterocycles. The summed E-state index contributed by atoms with van der Waals surface area (Å²) in [5, 5.41) is 3.17. The van der Waals surface area contributed by atoms with Crippen molar-refractivity contribution in [3.05, 3.63) is 24.3 Å². The molecule has 2 aliphatic rings. The average Bonchev–Trinajstić information content (AvgIpc) is 2.66. The van der Waals surface area contributed by atoms with Crippen LogP contribution >= 0.6 is 11.8 Å². The number of benzene rings is 1. The normalized spacial score (nSPS) is 22.0. The van der Waals surface area contributed by atoms with Crippen LogP contribution in [0.15, 0.2) is 29.2 Å². The molecule has 1 N–H and O–H groups in total. The van der Waals surface area contributed by atoms with Crippen LogP contribution in [0.4, 0.5) is 5.69 Å². The van der Waals surface area contributed by atoms with Crippen molar-refractivity contribution in [2.24, 2.45) is 0 Å². The molecule has 5 heteroatoms. The van der Waals surface area contributed by atoms with Gasteiger partial charge in [-0.1, -0.05) is 31.4 Å². The van der Waals surface area contributed by atoms with Crippen molar-refractivity contribution in [1.82, 2.24) is 5.32 Å². The lowest BCUT2D eigenvalue weighted by Crippen LogP contribution is -2.51. The second kappa shape index (κ2) is 7.40. The van der Waals surface area contributed by atoms with Crippen LogP contribution in [-0.2, 0) is 9.59 Å². The molecule has 1 aliphatic heterocycles. The van der Waals surface area contributed by atoms with Crippen LogP contribution in [0.1, 0.15) is 59.3 Å². The summed E-state index contributed by atoms with van der Waals surface area (Å²) in [7, 11) is 0. The summed E-state index contributed by atoms with van der Waals surface area (Å²) >= 11 is 1.71. The number of nitrogens with one attached hydrogen (secondary N) is 1. The number of nitrogens with zero attached hydrogens (tertiary/aromatic N) is 1. The number of carbonyl (C=O) groups is 2. The third-order valence-electron chi connectivity index (χ3n) is 5.07. The zero-order valence-corrected chi connectivity index (χ0v) is 16.2. The third kappa shape index (κ3) is 4.20. The molecule has 1 unspecified atom stereocenters. The van der Waals surface area contributed by atoms with Crippen molar-refractivity contribution in [2.75, 3.05) is 4.90 Å². The highest BCUT2D eigenvalue weighted by Crippen LogP contribution is 2.44. The van der Waals surface area contributed by atoms with E-state index in [0.717, 1.165) is 23.4 Å². The number of fused-ring (bicyclic) bond motifs is 1. The number of hydrogen-bond donors (Lipinski definition) is 1. The van der Waals surface area contributed by atoms with Crippen LogP contribution < -0.4 is 10.2 Å². The van der Waals surface area contributed by atoms with Crippen LogP contribution in [0.25, 0.3) is 0 Å². The predicted octanol–water partition coefficient (Wildman–Crippen LogP) is 4.13. The fraction of sp³-hybridized carbons (Fsp3) is 0.600. The molecule has 136 valence electrons. The van der Waals surface area contributed by atoms with Crippen molar-refractivity contribution >= 4 is 29.3 Å². The molecule has 1 atom stereocenters. The first-order valence-electron chi connectivity index (χ1n) is 9.28. The predicted molar refractivity (Wildman–Crippen MR) is 103 cm³/mol. The number of rotatable bonds is 3. The summed E-state index contributed by atoms with van der Waals surface area (Å²) in [6.07, 6.45) is 6.13. The first-order valence-corrected chi connectivity index (χ1v) is 10.1. The summed E-state index contributed by atoms with van der Waals surface area (Å²) in [5.41, 5.74) is 0.856. The standard InChI is InChI=1S/C20H28N2O2S/c1-14(19(24)21-15-9-5-4-6-10-15)22-16-11-7-8-12-17(16)25-20(2,3)13-18(22)23/h7-8,11-12,14-15H,4-6,9-10,13H2,1-3H3,(H,21,24). The van der Waals surface area contributed by atoms with Crippen molar-refractivity contribution in [2.45, 2.75) is 81.0 Å². The van der Waals surface area contributed by atoms with Gasteiger partial charge in [-0.3, -0.25) is 14.5 Å². The molecule has 0 bridgehead atoms. The Hall–Kier alpha value is -1.49. The highest BCUT2D eigenvalue weighted by molar-refractivity contribution is 8.00. The van der Waals surface area contributed by atoms with E-state index in [0.29, 0.717) is 6.42 Å². The Bertz CT molecular complexity index is 653. The first-order chi connectivity index (χ1) is 11.9. The van der Waals surface area contributed by atoms with Crippen LogP contribution in [0.3, 0.4) is 0 Å². The van der Waals surface area contributed by atoms with E-state index in [9.17, 15) is 9.59 Å². The van der Waals surface area contributed by atoms with E-state index in [1.807, 2.05) is 31.2 Å². The van der Waals surface area contributed by atoms with Gasteiger partial charge in [0.05, 0.1) is 5.69 Å². The minimum Gasteiger partial charge on any atom is -0.352 e. The Morgan fingerprint density at radius 2 is 1.92 bits per heavy atom. The topological polar surface area (TPSA) is 49.4 Å². The molecular weight excluding hydrogens is 332 g/mol. The molecule has 1 aromatic rings. The van der Waals surface area contributed by atoms with Crippen LogP contribution in [0, 0.1) is 0 Å². The summed E-state index contributed by atoms with van der Waals surface area (Å²) < 4.78 is -0.179. The quantitative estimate of drug-likeness (QED) is 0.882. The lowest BCUT2D eigenvalue weighted by Gasteiger charge is -2.31.